The normalized spacial score (nSPS) is 17.8. The summed E-state index contributed by atoms with van der Waals surface area (Å²) in [5, 5.41) is 9.34. The van der Waals surface area contributed by atoms with Crippen LogP contribution in [0.15, 0.2) is 18.2 Å². The third-order valence-corrected chi connectivity index (χ3v) is 5.15. The molecule has 0 aliphatic heterocycles. The predicted molar refractivity (Wildman–Crippen MR) is 81.7 cm³/mol. The zero-order valence-corrected chi connectivity index (χ0v) is 14.6. The number of alkyl halides is 4. The minimum Gasteiger partial charge on any atom is -0.384 e. The molecule has 0 fully saturated rings. The molecule has 0 heterocycles. The third-order valence-electron chi connectivity index (χ3n) is 3.46. The zero-order valence-electron chi connectivity index (χ0n) is 13.8. The van der Waals surface area contributed by atoms with Crippen LogP contribution in [-0.4, -0.2) is 33.0 Å². The Hall–Kier alpha value is -1.13. The number of hydrogen-bond donors (Lipinski definition) is 2. The van der Waals surface area contributed by atoms with Gasteiger partial charge >= 0.3 is 6.18 Å². The molecule has 2 N–H and O–H groups in total. The van der Waals surface area contributed by atoms with E-state index >= 15 is 0 Å². The van der Waals surface area contributed by atoms with Crippen LogP contribution in [0.5, 0.6) is 0 Å². The molecule has 0 aliphatic carbocycles. The second kappa shape index (κ2) is 7.63. The molecular formula is C15H19F6NO2S. The number of benzene rings is 1. The van der Waals surface area contributed by atoms with Crippen molar-refractivity contribution in [3.8, 4) is 0 Å². The fourth-order valence-corrected chi connectivity index (χ4v) is 2.92. The standard InChI is InChI=1S/C15H19F6NO2S/c1-13(2,3)25(24)22-14(8-16,7-11(23)15(19,20)21)9-5-4-6-10(17)12(9)18/h4-6,11,22-23H,7-8H2,1-3H3/t11-,14+,25+/m0/s1. The van der Waals surface area contributed by atoms with Crippen LogP contribution < -0.4 is 4.72 Å². The predicted octanol–water partition coefficient (Wildman–Crippen LogP) is 3.49. The average Bonchev–Trinajstić information content (AvgIpc) is 2.47. The number of aliphatic hydroxyl groups is 1. The average molecular weight is 391 g/mol. The van der Waals surface area contributed by atoms with E-state index in [-0.39, 0.29) is 0 Å². The van der Waals surface area contributed by atoms with Crippen LogP contribution in [0.3, 0.4) is 0 Å². The maximum Gasteiger partial charge on any atom is 0.414 e. The van der Waals surface area contributed by atoms with Crippen molar-refractivity contribution >= 4 is 11.0 Å². The lowest BCUT2D eigenvalue weighted by molar-refractivity contribution is -0.210. The second-order valence-corrected chi connectivity index (χ2v) is 8.53. The van der Waals surface area contributed by atoms with E-state index in [0.717, 1.165) is 12.1 Å². The molecule has 0 unspecified atom stereocenters. The van der Waals surface area contributed by atoms with Crippen molar-refractivity contribution in [2.45, 2.75) is 49.8 Å². The summed E-state index contributed by atoms with van der Waals surface area (Å²) < 4.78 is 93.1. The fourth-order valence-electron chi connectivity index (χ4n) is 2.01. The van der Waals surface area contributed by atoms with Gasteiger partial charge in [-0.15, -0.1) is 0 Å². The van der Waals surface area contributed by atoms with Crippen molar-refractivity contribution in [1.82, 2.24) is 4.72 Å². The van der Waals surface area contributed by atoms with Gasteiger partial charge in [0, 0.05) is 12.0 Å². The number of hydrogen-bond acceptors (Lipinski definition) is 2. The highest BCUT2D eigenvalue weighted by molar-refractivity contribution is 7.84. The summed E-state index contributed by atoms with van der Waals surface area (Å²) in [6.45, 7) is 2.73. The number of rotatable bonds is 6. The van der Waals surface area contributed by atoms with Crippen LogP contribution in [-0.2, 0) is 16.5 Å². The van der Waals surface area contributed by atoms with E-state index in [1.807, 2.05) is 0 Å². The van der Waals surface area contributed by atoms with E-state index in [2.05, 4.69) is 4.72 Å². The van der Waals surface area contributed by atoms with E-state index in [1.54, 1.807) is 0 Å². The Bertz CT molecular complexity index is 631. The van der Waals surface area contributed by atoms with Gasteiger partial charge in [-0.25, -0.2) is 22.1 Å². The second-order valence-electron chi connectivity index (χ2n) is 6.56. The van der Waals surface area contributed by atoms with Crippen molar-refractivity contribution in [2.75, 3.05) is 6.67 Å². The molecule has 10 heteroatoms. The minimum absolute atomic E-state index is 0.711. The lowest BCUT2D eigenvalue weighted by Crippen LogP contribution is -2.53. The molecule has 0 saturated carbocycles. The van der Waals surface area contributed by atoms with Crippen molar-refractivity contribution in [3.63, 3.8) is 0 Å². The number of nitrogens with one attached hydrogen (secondary N) is 1. The molecule has 25 heavy (non-hydrogen) atoms. The maximum absolute atomic E-state index is 14.1. The van der Waals surface area contributed by atoms with E-state index in [0.29, 0.717) is 6.07 Å². The summed E-state index contributed by atoms with van der Waals surface area (Å²) in [6.07, 6.45) is -9.53. The molecule has 0 aliphatic rings. The van der Waals surface area contributed by atoms with E-state index in [1.165, 1.54) is 20.8 Å². The number of halogens is 6. The Morgan fingerprint density at radius 3 is 2.20 bits per heavy atom. The highest BCUT2D eigenvalue weighted by atomic mass is 32.2. The summed E-state index contributed by atoms with van der Waals surface area (Å²) in [5.74, 6) is -2.98. The van der Waals surface area contributed by atoms with Gasteiger partial charge in [-0.2, -0.15) is 13.2 Å². The highest BCUT2D eigenvalue weighted by Gasteiger charge is 2.48. The summed E-state index contributed by atoms with van der Waals surface area (Å²) in [6, 6.07) is 2.58. The molecule has 0 saturated heterocycles. The zero-order chi connectivity index (χ0) is 19.6. The largest absolute Gasteiger partial charge is 0.414 e. The molecule has 3 nitrogen and oxygen atoms in total. The molecule has 0 radical (unpaired) electrons. The van der Waals surface area contributed by atoms with Crippen molar-refractivity contribution < 1.29 is 35.7 Å². The van der Waals surface area contributed by atoms with Crippen LogP contribution in [0.2, 0.25) is 0 Å². The molecule has 0 aromatic heterocycles. The van der Waals surface area contributed by atoms with Gasteiger partial charge in [-0.1, -0.05) is 12.1 Å². The van der Waals surface area contributed by atoms with E-state index in [9.17, 15) is 35.7 Å². The molecule has 0 amide bonds. The fraction of sp³-hybridized carbons (Fsp3) is 0.600. The lowest BCUT2D eigenvalue weighted by Gasteiger charge is -2.36. The first kappa shape index (κ1) is 21.9. The molecule has 144 valence electrons. The van der Waals surface area contributed by atoms with Crippen molar-refractivity contribution in [2.24, 2.45) is 0 Å². The molecular weight excluding hydrogens is 372 g/mol. The first-order valence-corrected chi connectivity index (χ1v) is 8.34. The molecule has 3 atom stereocenters. The van der Waals surface area contributed by atoms with Crippen molar-refractivity contribution in [3.05, 3.63) is 35.4 Å². The maximum atomic E-state index is 14.1. The van der Waals surface area contributed by atoms with E-state index < -0.39 is 63.8 Å². The van der Waals surface area contributed by atoms with Crippen LogP contribution in [0, 0.1) is 11.6 Å². The molecule has 1 aromatic carbocycles. The molecule has 0 spiro atoms. The summed E-state index contributed by atoms with van der Waals surface area (Å²) in [4.78, 5) is 0. The van der Waals surface area contributed by atoms with Gasteiger partial charge in [-0.05, 0) is 26.8 Å². The van der Waals surface area contributed by atoms with Crippen LogP contribution >= 0.6 is 0 Å². The molecule has 0 bridgehead atoms. The molecule has 1 aromatic rings. The van der Waals surface area contributed by atoms with Crippen LogP contribution in [0.25, 0.3) is 0 Å². The van der Waals surface area contributed by atoms with Crippen LogP contribution in [0.4, 0.5) is 26.3 Å². The van der Waals surface area contributed by atoms with Gasteiger partial charge < -0.3 is 5.11 Å². The monoisotopic (exact) mass is 391 g/mol. The lowest BCUT2D eigenvalue weighted by atomic mass is 9.86. The minimum atomic E-state index is -5.12. The Morgan fingerprint density at radius 1 is 1.20 bits per heavy atom. The van der Waals surface area contributed by atoms with Gasteiger partial charge in [0.1, 0.15) is 6.67 Å². The highest BCUT2D eigenvalue weighted by Crippen LogP contribution is 2.36. The Morgan fingerprint density at radius 2 is 1.76 bits per heavy atom. The number of aliphatic hydroxyl groups excluding tert-OH is 1. The topological polar surface area (TPSA) is 49.3 Å². The van der Waals surface area contributed by atoms with Crippen LogP contribution in [0.1, 0.15) is 32.8 Å². The smallest absolute Gasteiger partial charge is 0.384 e. The first-order valence-electron chi connectivity index (χ1n) is 7.19. The van der Waals surface area contributed by atoms with Gasteiger partial charge in [0.05, 0.1) is 21.3 Å². The Balaban J connectivity index is 3.47. The van der Waals surface area contributed by atoms with Gasteiger partial charge in [0.15, 0.2) is 17.7 Å². The molecule has 1 rings (SSSR count). The third kappa shape index (κ3) is 5.18. The first-order chi connectivity index (χ1) is 11.2. The SMILES string of the molecule is CC(C)(C)[S@@](=O)N[C@@](CF)(C[C@H](O)C(F)(F)F)c1cccc(F)c1F. The Kier molecular flexibility index (Phi) is 6.69. The van der Waals surface area contributed by atoms with Gasteiger partial charge in [0.2, 0.25) is 0 Å². The van der Waals surface area contributed by atoms with Crippen molar-refractivity contribution in [1.29, 1.82) is 0 Å². The summed E-state index contributed by atoms with van der Waals surface area (Å²) >= 11 is 0. The van der Waals surface area contributed by atoms with Gasteiger partial charge in [-0.3, -0.25) is 0 Å². The summed E-state index contributed by atoms with van der Waals surface area (Å²) in [7, 11) is -2.12. The quantitative estimate of drug-likeness (QED) is 0.730. The van der Waals surface area contributed by atoms with Gasteiger partial charge in [0.25, 0.3) is 0 Å². The summed E-state index contributed by atoms with van der Waals surface area (Å²) in [5.41, 5.74) is -3.31. The van der Waals surface area contributed by atoms with E-state index in [4.69, 9.17) is 0 Å². The Labute approximate surface area is 144 Å².